The van der Waals surface area contributed by atoms with Crippen molar-refractivity contribution in [1.82, 2.24) is 20.2 Å². The number of aromatic amines is 1. The first-order valence-corrected chi connectivity index (χ1v) is 8.18. The van der Waals surface area contributed by atoms with E-state index in [-0.39, 0.29) is 23.7 Å². The molecular weight excluding hydrogens is 332 g/mol. The number of amides is 2. The van der Waals surface area contributed by atoms with E-state index < -0.39 is 0 Å². The van der Waals surface area contributed by atoms with E-state index in [9.17, 15) is 9.59 Å². The molecule has 0 aliphatic heterocycles. The van der Waals surface area contributed by atoms with Gasteiger partial charge in [0.2, 0.25) is 5.91 Å². The highest BCUT2D eigenvalue weighted by molar-refractivity contribution is 6.05. The van der Waals surface area contributed by atoms with Gasteiger partial charge in [-0.15, -0.1) is 0 Å². The van der Waals surface area contributed by atoms with Crippen molar-refractivity contribution in [3.05, 3.63) is 66.5 Å². The van der Waals surface area contributed by atoms with E-state index in [0.29, 0.717) is 16.9 Å². The summed E-state index contributed by atoms with van der Waals surface area (Å²) in [5, 5.41) is 12.3. The van der Waals surface area contributed by atoms with Gasteiger partial charge >= 0.3 is 0 Å². The number of anilines is 2. The molecule has 0 saturated heterocycles. The number of carbonyl (C=O) groups excluding carboxylic acids is 2. The number of pyridine rings is 1. The lowest BCUT2D eigenvalue weighted by Gasteiger charge is -2.08. The fourth-order valence-corrected chi connectivity index (χ4v) is 2.79. The van der Waals surface area contributed by atoms with Gasteiger partial charge in [0, 0.05) is 41.2 Å². The van der Waals surface area contributed by atoms with Crippen molar-refractivity contribution in [2.24, 2.45) is 5.92 Å². The molecule has 1 aromatic carbocycles. The van der Waals surface area contributed by atoms with Gasteiger partial charge in [-0.25, -0.2) is 4.98 Å². The fourth-order valence-electron chi connectivity index (χ4n) is 2.79. The number of hydrogen-bond acceptors (Lipinski definition) is 5. The van der Waals surface area contributed by atoms with Gasteiger partial charge in [0.15, 0.2) is 0 Å². The summed E-state index contributed by atoms with van der Waals surface area (Å²) in [6, 6.07) is 10.3. The lowest BCUT2D eigenvalue weighted by molar-refractivity contribution is -0.117. The molecule has 2 amide bonds. The Bertz CT molecular complexity index is 926. The molecule has 130 valence electrons. The second kappa shape index (κ2) is 6.75. The molecule has 3 aromatic rings. The zero-order valence-corrected chi connectivity index (χ0v) is 13.7. The lowest BCUT2D eigenvalue weighted by Crippen LogP contribution is -2.16. The first kappa shape index (κ1) is 15.9. The predicted octanol–water partition coefficient (Wildman–Crippen LogP) is 2.19. The van der Waals surface area contributed by atoms with Crippen molar-refractivity contribution in [3.8, 4) is 0 Å². The molecule has 1 aliphatic rings. The van der Waals surface area contributed by atoms with Crippen molar-refractivity contribution in [3.63, 3.8) is 0 Å². The van der Waals surface area contributed by atoms with Crippen molar-refractivity contribution in [2.45, 2.75) is 12.3 Å². The van der Waals surface area contributed by atoms with Crippen LogP contribution in [0.5, 0.6) is 0 Å². The monoisotopic (exact) mass is 348 g/mol. The summed E-state index contributed by atoms with van der Waals surface area (Å²) in [6.45, 7) is 0. The molecular formula is C18H16N6O2. The summed E-state index contributed by atoms with van der Waals surface area (Å²) in [5.41, 5.74) is 1.70. The minimum Gasteiger partial charge on any atom is -0.326 e. The number of aromatic nitrogens is 4. The van der Waals surface area contributed by atoms with Crippen molar-refractivity contribution >= 4 is 23.2 Å². The average molecular weight is 348 g/mol. The molecule has 1 saturated carbocycles. The second-order valence-corrected chi connectivity index (χ2v) is 6.08. The van der Waals surface area contributed by atoms with Crippen LogP contribution in [0.3, 0.4) is 0 Å². The van der Waals surface area contributed by atoms with Gasteiger partial charge in [-0.3, -0.25) is 19.7 Å². The highest BCUT2D eigenvalue weighted by Crippen LogP contribution is 2.46. The minimum absolute atomic E-state index is 0.0793. The predicted molar refractivity (Wildman–Crippen MR) is 94.5 cm³/mol. The average Bonchev–Trinajstić information content (AvgIpc) is 3.28. The first-order valence-electron chi connectivity index (χ1n) is 8.18. The summed E-state index contributed by atoms with van der Waals surface area (Å²) in [4.78, 5) is 32.7. The maximum absolute atomic E-state index is 12.4. The molecule has 1 fully saturated rings. The molecule has 4 rings (SSSR count). The van der Waals surface area contributed by atoms with Crippen LogP contribution in [0.25, 0.3) is 0 Å². The summed E-state index contributed by atoms with van der Waals surface area (Å²) in [5.74, 6) is 0.347. The standard InChI is InChI=1S/C18H16N6O2/c25-17(22-12-4-6-19-7-5-12)11-2-1-3-13(8-11)23-18(26)15-9-14(15)16-20-10-21-24-16/h1-8,10,14-15H,9H2,(H,23,26)(H,19,22,25)(H,20,21,24)/t14-,15-/m0/s1. The van der Waals surface area contributed by atoms with Gasteiger partial charge in [0.05, 0.1) is 0 Å². The third kappa shape index (κ3) is 3.44. The van der Waals surface area contributed by atoms with Crippen LogP contribution in [-0.4, -0.2) is 32.0 Å². The molecule has 0 radical (unpaired) electrons. The highest BCUT2D eigenvalue weighted by Gasteiger charge is 2.46. The third-order valence-electron chi connectivity index (χ3n) is 4.24. The molecule has 3 N–H and O–H groups in total. The Morgan fingerprint density at radius 3 is 2.69 bits per heavy atom. The maximum atomic E-state index is 12.4. The van der Waals surface area contributed by atoms with E-state index in [1.165, 1.54) is 6.33 Å². The topological polar surface area (TPSA) is 113 Å². The van der Waals surface area contributed by atoms with Gasteiger partial charge in [-0.05, 0) is 36.8 Å². The van der Waals surface area contributed by atoms with Crippen LogP contribution < -0.4 is 10.6 Å². The number of nitrogens with one attached hydrogen (secondary N) is 3. The van der Waals surface area contributed by atoms with E-state index in [1.807, 2.05) is 0 Å². The smallest absolute Gasteiger partial charge is 0.255 e. The Kier molecular flexibility index (Phi) is 4.14. The molecule has 0 spiro atoms. The molecule has 8 heteroatoms. The van der Waals surface area contributed by atoms with E-state index in [2.05, 4.69) is 30.8 Å². The quantitative estimate of drug-likeness (QED) is 0.654. The van der Waals surface area contributed by atoms with Crippen LogP contribution in [0.4, 0.5) is 11.4 Å². The van der Waals surface area contributed by atoms with Crippen LogP contribution in [0.1, 0.15) is 28.5 Å². The lowest BCUT2D eigenvalue weighted by atomic mass is 10.1. The Balaban J connectivity index is 1.40. The summed E-state index contributed by atoms with van der Waals surface area (Å²) in [7, 11) is 0. The minimum atomic E-state index is -0.252. The number of nitrogens with zero attached hydrogens (tertiary/aromatic N) is 3. The van der Waals surface area contributed by atoms with Gasteiger partial charge in [0.25, 0.3) is 5.91 Å². The van der Waals surface area contributed by atoms with Crippen LogP contribution in [0.2, 0.25) is 0 Å². The molecule has 2 atom stereocenters. The normalized spacial score (nSPS) is 18.2. The largest absolute Gasteiger partial charge is 0.326 e. The number of benzene rings is 1. The highest BCUT2D eigenvalue weighted by atomic mass is 16.2. The second-order valence-electron chi connectivity index (χ2n) is 6.08. The van der Waals surface area contributed by atoms with Crippen molar-refractivity contribution in [1.29, 1.82) is 0 Å². The SMILES string of the molecule is O=C(Nc1ccncc1)c1cccc(NC(=O)[C@H]2C[C@@H]2c2ncn[nH]2)c1. The molecule has 0 unspecified atom stereocenters. The molecule has 1 aliphatic carbocycles. The molecule has 26 heavy (non-hydrogen) atoms. The Morgan fingerprint density at radius 1 is 1.08 bits per heavy atom. The molecule has 2 heterocycles. The molecule has 2 aromatic heterocycles. The zero-order valence-electron chi connectivity index (χ0n) is 13.7. The summed E-state index contributed by atoms with van der Waals surface area (Å²) in [6.07, 6.45) is 5.39. The number of hydrogen-bond donors (Lipinski definition) is 3. The van der Waals surface area contributed by atoms with Gasteiger partial charge in [0.1, 0.15) is 12.2 Å². The molecule has 8 nitrogen and oxygen atoms in total. The maximum Gasteiger partial charge on any atom is 0.255 e. The van der Waals surface area contributed by atoms with Gasteiger partial charge in [-0.2, -0.15) is 5.10 Å². The van der Waals surface area contributed by atoms with Crippen LogP contribution in [0, 0.1) is 5.92 Å². The Labute approximate surface area is 149 Å². The fraction of sp³-hybridized carbons (Fsp3) is 0.167. The van der Waals surface area contributed by atoms with Crippen molar-refractivity contribution < 1.29 is 9.59 Å². The van der Waals surface area contributed by atoms with E-state index >= 15 is 0 Å². The van der Waals surface area contributed by atoms with Crippen molar-refractivity contribution in [2.75, 3.05) is 10.6 Å². The summed E-state index contributed by atoms with van der Waals surface area (Å²) >= 11 is 0. The Hall–Kier alpha value is -3.55. The third-order valence-corrected chi connectivity index (χ3v) is 4.24. The molecule has 0 bridgehead atoms. The van der Waals surface area contributed by atoms with E-state index in [0.717, 1.165) is 12.2 Å². The zero-order chi connectivity index (χ0) is 17.9. The summed E-state index contributed by atoms with van der Waals surface area (Å²) < 4.78 is 0. The van der Waals surface area contributed by atoms with E-state index in [4.69, 9.17) is 0 Å². The van der Waals surface area contributed by atoms with Crippen LogP contribution in [-0.2, 0) is 4.79 Å². The number of carbonyl (C=O) groups is 2. The Morgan fingerprint density at radius 2 is 1.92 bits per heavy atom. The van der Waals surface area contributed by atoms with Gasteiger partial charge in [-0.1, -0.05) is 6.07 Å². The van der Waals surface area contributed by atoms with Crippen LogP contribution >= 0.6 is 0 Å². The van der Waals surface area contributed by atoms with Crippen LogP contribution in [0.15, 0.2) is 55.1 Å². The number of H-pyrrole nitrogens is 1. The number of rotatable bonds is 5. The first-order chi connectivity index (χ1) is 12.7. The van der Waals surface area contributed by atoms with E-state index in [1.54, 1.807) is 48.8 Å². The van der Waals surface area contributed by atoms with Gasteiger partial charge < -0.3 is 10.6 Å².